The number of aryl methyl sites for hydroxylation is 2. The molecule has 0 saturated heterocycles. The molecule has 2 rings (SSSR count). The molecule has 2 aromatic heterocycles. The molecule has 2 aromatic rings. The van der Waals surface area contributed by atoms with Crippen molar-refractivity contribution in [1.29, 1.82) is 0 Å². The van der Waals surface area contributed by atoms with Crippen LogP contribution in [-0.2, 0) is 0 Å². The molecule has 0 spiro atoms. The summed E-state index contributed by atoms with van der Waals surface area (Å²) in [7, 11) is 0. The summed E-state index contributed by atoms with van der Waals surface area (Å²) in [5.41, 5.74) is 1.55. The van der Waals surface area contributed by atoms with Crippen molar-refractivity contribution in [2.45, 2.75) is 33.6 Å². The Morgan fingerprint density at radius 1 is 1.38 bits per heavy atom. The quantitative estimate of drug-likeness (QED) is 0.902. The standard InChI is InChI=1S/C14H16N2O4S/c1-6(2)11-10(8(4)16-20-11)13(17)15-9-5-7(3)12(21-9)14(18)19/h5-6H,1-4H3,(H,15,17)(H,18,19). The Labute approximate surface area is 125 Å². The van der Waals surface area contributed by atoms with E-state index < -0.39 is 5.97 Å². The van der Waals surface area contributed by atoms with Gasteiger partial charge in [0.15, 0.2) is 5.76 Å². The third kappa shape index (κ3) is 2.97. The minimum absolute atomic E-state index is 0.0339. The van der Waals surface area contributed by atoms with Crippen molar-refractivity contribution in [1.82, 2.24) is 5.16 Å². The lowest BCUT2D eigenvalue weighted by Crippen LogP contribution is -2.14. The predicted octanol–water partition coefficient (Wildman–Crippen LogP) is 3.43. The van der Waals surface area contributed by atoms with Crippen LogP contribution in [-0.4, -0.2) is 22.1 Å². The number of nitrogens with zero attached hydrogens (tertiary/aromatic N) is 1. The molecule has 0 aliphatic rings. The lowest BCUT2D eigenvalue weighted by Gasteiger charge is -2.05. The van der Waals surface area contributed by atoms with Crippen molar-refractivity contribution >= 4 is 28.2 Å². The molecule has 0 aliphatic heterocycles. The number of hydrogen-bond acceptors (Lipinski definition) is 5. The van der Waals surface area contributed by atoms with Gasteiger partial charge in [-0.05, 0) is 25.5 Å². The first-order valence-electron chi connectivity index (χ1n) is 6.42. The minimum atomic E-state index is -0.998. The lowest BCUT2D eigenvalue weighted by molar-refractivity contribution is 0.0701. The number of nitrogens with one attached hydrogen (secondary N) is 1. The second-order valence-corrected chi connectivity index (χ2v) is 6.10. The van der Waals surface area contributed by atoms with Crippen molar-refractivity contribution in [3.63, 3.8) is 0 Å². The van der Waals surface area contributed by atoms with Gasteiger partial charge in [0.25, 0.3) is 5.91 Å². The van der Waals surface area contributed by atoms with Crippen LogP contribution in [0.5, 0.6) is 0 Å². The summed E-state index contributed by atoms with van der Waals surface area (Å²) >= 11 is 1.03. The van der Waals surface area contributed by atoms with Crippen LogP contribution >= 0.6 is 11.3 Å². The van der Waals surface area contributed by atoms with Gasteiger partial charge < -0.3 is 14.9 Å². The van der Waals surface area contributed by atoms with Gasteiger partial charge in [0.05, 0.1) is 10.7 Å². The Balaban J connectivity index is 2.28. The Kier molecular flexibility index (Phi) is 4.13. The summed E-state index contributed by atoms with van der Waals surface area (Å²) in [4.78, 5) is 23.6. The molecule has 2 heterocycles. The summed E-state index contributed by atoms with van der Waals surface area (Å²) in [6, 6.07) is 1.64. The van der Waals surface area contributed by atoms with Gasteiger partial charge >= 0.3 is 5.97 Å². The molecule has 7 heteroatoms. The van der Waals surface area contributed by atoms with Crippen LogP contribution in [0.2, 0.25) is 0 Å². The first kappa shape index (κ1) is 15.2. The highest BCUT2D eigenvalue weighted by Gasteiger charge is 2.23. The SMILES string of the molecule is Cc1cc(NC(=O)c2c(C)noc2C(C)C)sc1C(=O)O. The highest BCUT2D eigenvalue weighted by molar-refractivity contribution is 7.18. The fourth-order valence-electron chi connectivity index (χ4n) is 1.99. The maximum atomic E-state index is 12.4. The number of carbonyl (C=O) groups is 2. The second-order valence-electron chi connectivity index (χ2n) is 5.04. The van der Waals surface area contributed by atoms with Crippen LogP contribution in [0.25, 0.3) is 0 Å². The first-order valence-corrected chi connectivity index (χ1v) is 7.24. The van der Waals surface area contributed by atoms with Gasteiger partial charge in [-0.1, -0.05) is 19.0 Å². The Bertz CT molecular complexity index is 700. The Morgan fingerprint density at radius 3 is 2.57 bits per heavy atom. The summed E-state index contributed by atoms with van der Waals surface area (Å²) in [5.74, 6) is -0.777. The highest BCUT2D eigenvalue weighted by atomic mass is 32.1. The largest absolute Gasteiger partial charge is 0.477 e. The summed E-state index contributed by atoms with van der Waals surface area (Å²) in [6.45, 7) is 7.22. The number of carboxylic acids is 1. The highest BCUT2D eigenvalue weighted by Crippen LogP contribution is 2.28. The molecular formula is C14H16N2O4S. The molecule has 0 aliphatic carbocycles. The number of anilines is 1. The molecule has 21 heavy (non-hydrogen) atoms. The van der Waals surface area contributed by atoms with Crippen molar-refractivity contribution in [2.75, 3.05) is 5.32 Å². The van der Waals surface area contributed by atoms with Gasteiger partial charge in [-0.3, -0.25) is 4.79 Å². The minimum Gasteiger partial charge on any atom is -0.477 e. The molecule has 0 unspecified atom stereocenters. The topological polar surface area (TPSA) is 92.4 Å². The van der Waals surface area contributed by atoms with Crippen LogP contribution in [0, 0.1) is 13.8 Å². The van der Waals surface area contributed by atoms with Crippen LogP contribution in [0.1, 0.15) is 56.8 Å². The zero-order valence-corrected chi connectivity index (χ0v) is 13.0. The molecule has 6 nitrogen and oxygen atoms in total. The van der Waals surface area contributed by atoms with E-state index in [-0.39, 0.29) is 16.7 Å². The number of aromatic nitrogens is 1. The fraction of sp³-hybridized carbons (Fsp3) is 0.357. The van der Waals surface area contributed by atoms with Crippen LogP contribution in [0.4, 0.5) is 5.00 Å². The van der Waals surface area contributed by atoms with E-state index in [9.17, 15) is 9.59 Å². The molecule has 0 bridgehead atoms. The van der Waals surface area contributed by atoms with E-state index in [1.54, 1.807) is 19.9 Å². The van der Waals surface area contributed by atoms with Gasteiger partial charge in [0.1, 0.15) is 10.4 Å². The average Bonchev–Trinajstić information content (AvgIpc) is 2.92. The zero-order chi connectivity index (χ0) is 15.7. The van der Waals surface area contributed by atoms with Crippen LogP contribution < -0.4 is 5.32 Å². The molecule has 0 radical (unpaired) electrons. The van der Waals surface area contributed by atoms with Crippen molar-refractivity contribution in [2.24, 2.45) is 0 Å². The summed E-state index contributed by atoms with van der Waals surface area (Å²) < 4.78 is 5.18. The van der Waals surface area contributed by atoms with Crippen LogP contribution in [0.15, 0.2) is 10.6 Å². The van der Waals surface area contributed by atoms with E-state index >= 15 is 0 Å². The number of hydrogen-bond donors (Lipinski definition) is 2. The van der Waals surface area contributed by atoms with Gasteiger partial charge in [-0.2, -0.15) is 0 Å². The van der Waals surface area contributed by atoms with Gasteiger partial charge in [-0.25, -0.2) is 4.79 Å². The van der Waals surface area contributed by atoms with Crippen LogP contribution in [0.3, 0.4) is 0 Å². The summed E-state index contributed by atoms with van der Waals surface area (Å²) in [6.07, 6.45) is 0. The van der Waals surface area contributed by atoms with E-state index in [0.717, 1.165) is 11.3 Å². The predicted molar refractivity (Wildman–Crippen MR) is 79.3 cm³/mol. The number of carbonyl (C=O) groups excluding carboxylic acids is 1. The Morgan fingerprint density at radius 2 is 2.05 bits per heavy atom. The van der Waals surface area contributed by atoms with Crippen molar-refractivity contribution in [3.8, 4) is 0 Å². The molecule has 2 N–H and O–H groups in total. The third-order valence-corrected chi connectivity index (χ3v) is 4.13. The monoisotopic (exact) mass is 308 g/mol. The fourth-order valence-corrected chi connectivity index (χ4v) is 2.89. The number of carboxylic acid groups (broad SMARTS) is 1. The van der Waals surface area contributed by atoms with Crippen molar-refractivity contribution < 1.29 is 19.2 Å². The number of thiophene rings is 1. The smallest absolute Gasteiger partial charge is 0.346 e. The first-order chi connectivity index (χ1) is 9.81. The second kappa shape index (κ2) is 5.69. The lowest BCUT2D eigenvalue weighted by atomic mass is 10.0. The summed E-state index contributed by atoms with van der Waals surface area (Å²) in [5, 5.41) is 16.1. The third-order valence-electron chi connectivity index (χ3n) is 2.99. The molecule has 0 aromatic carbocycles. The van der Waals surface area contributed by atoms with Gasteiger partial charge in [0.2, 0.25) is 0 Å². The molecular weight excluding hydrogens is 292 g/mol. The average molecular weight is 308 g/mol. The molecule has 0 fully saturated rings. The van der Waals surface area contributed by atoms with E-state index in [0.29, 0.717) is 27.6 Å². The molecule has 1 amide bonds. The van der Waals surface area contributed by atoms with E-state index in [1.165, 1.54) is 0 Å². The normalized spacial score (nSPS) is 10.9. The Hall–Kier alpha value is -2.15. The molecule has 0 atom stereocenters. The van der Waals surface area contributed by atoms with Gasteiger partial charge in [0, 0.05) is 5.92 Å². The maximum absolute atomic E-state index is 12.4. The van der Waals surface area contributed by atoms with E-state index in [4.69, 9.17) is 9.63 Å². The molecule has 0 saturated carbocycles. The number of rotatable bonds is 4. The van der Waals surface area contributed by atoms with Crippen molar-refractivity contribution in [3.05, 3.63) is 33.5 Å². The van der Waals surface area contributed by atoms with E-state index in [1.807, 2.05) is 13.8 Å². The van der Waals surface area contributed by atoms with E-state index in [2.05, 4.69) is 10.5 Å². The zero-order valence-electron chi connectivity index (χ0n) is 12.2. The van der Waals surface area contributed by atoms with Gasteiger partial charge in [-0.15, -0.1) is 11.3 Å². The molecule has 112 valence electrons. The number of amides is 1. The number of aromatic carboxylic acids is 1. The maximum Gasteiger partial charge on any atom is 0.346 e.